The molecule has 3 aromatic rings. The van der Waals surface area contributed by atoms with Crippen molar-refractivity contribution in [1.82, 2.24) is 25.2 Å². The molecule has 0 spiro atoms. The molecule has 0 saturated heterocycles. The van der Waals surface area contributed by atoms with Crippen molar-refractivity contribution < 1.29 is 4.79 Å². The van der Waals surface area contributed by atoms with Crippen molar-refractivity contribution in [3.63, 3.8) is 0 Å². The highest BCUT2D eigenvalue weighted by Crippen LogP contribution is 2.32. The number of hydrogen-bond donors (Lipinski definition) is 5. The molecule has 208 valence electrons. The number of carbonyl (C=O) groups is 1. The summed E-state index contributed by atoms with van der Waals surface area (Å²) >= 11 is 6.30. The number of fused-ring (bicyclic) bond motifs is 2. The predicted octanol–water partition coefficient (Wildman–Crippen LogP) is 4.17. The van der Waals surface area contributed by atoms with Crippen LogP contribution in [0.3, 0.4) is 0 Å². The molecule has 0 aliphatic carbocycles. The lowest BCUT2D eigenvalue weighted by Crippen LogP contribution is -2.32. The average molecular weight is 561 g/mol. The third-order valence-corrected chi connectivity index (χ3v) is 7.26. The first-order valence-corrected chi connectivity index (χ1v) is 13.4. The maximum Gasteiger partial charge on any atom is 0.257 e. The van der Waals surface area contributed by atoms with Gasteiger partial charge in [-0.05, 0) is 50.1 Å². The van der Waals surface area contributed by atoms with E-state index in [2.05, 4.69) is 20.9 Å². The monoisotopic (exact) mass is 560 g/mol. The molecule has 11 heteroatoms. The maximum absolute atomic E-state index is 13.9. The second-order valence-corrected chi connectivity index (χ2v) is 10.0. The van der Waals surface area contributed by atoms with Crippen LogP contribution >= 0.6 is 11.6 Å². The minimum atomic E-state index is -0.416. The van der Waals surface area contributed by atoms with Crippen LogP contribution < -0.4 is 27.2 Å². The number of aromatic nitrogens is 3. The van der Waals surface area contributed by atoms with Crippen LogP contribution in [-0.2, 0) is 4.79 Å². The lowest BCUT2D eigenvalue weighted by Gasteiger charge is -2.24. The molecule has 3 heterocycles. The van der Waals surface area contributed by atoms with Crippen molar-refractivity contribution in [2.24, 2.45) is 11.7 Å². The Morgan fingerprint density at radius 1 is 1.20 bits per heavy atom. The summed E-state index contributed by atoms with van der Waals surface area (Å²) in [4.78, 5) is 36.1. The van der Waals surface area contributed by atoms with Gasteiger partial charge in [-0.15, -0.1) is 0 Å². The highest BCUT2D eigenvalue weighted by Gasteiger charge is 2.24. The standard InChI is InChI=1S/C29H33ClN8O2/c1-17-5-4-6-25(23-13-19(9-11-34-23)27(33-3)24(15-32)37-28(17)39)38-16-36-26(18(2)29(38)40)21-14-20(30)7-8-22(21)35-12-10-31/h7-17,25,32-33,35H,4-6,31H2,1-3H3,(H,37,39)/b12-10-,27-24+,32-15?. The van der Waals surface area contributed by atoms with Gasteiger partial charge >= 0.3 is 0 Å². The first-order valence-electron chi connectivity index (χ1n) is 13.0. The fourth-order valence-electron chi connectivity index (χ4n) is 4.86. The molecule has 6 N–H and O–H groups in total. The largest absolute Gasteiger partial charge is 0.403 e. The molecule has 4 rings (SSSR count). The van der Waals surface area contributed by atoms with Gasteiger partial charge in [0.1, 0.15) is 0 Å². The molecule has 2 aromatic heterocycles. The Hall–Kier alpha value is -4.44. The van der Waals surface area contributed by atoms with Crippen molar-refractivity contribution in [2.45, 2.75) is 39.2 Å². The second kappa shape index (κ2) is 12.6. The molecule has 1 aromatic carbocycles. The summed E-state index contributed by atoms with van der Waals surface area (Å²) in [5, 5.41) is 17.5. The van der Waals surface area contributed by atoms with Gasteiger partial charge in [0.15, 0.2) is 0 Å². The van der Waals surface area contributed by atoms with E-state index in [1.54, 1.807) is 61.5 Å². The number of anilines is 1. The quantitative estimate of drug-likeness (QED) is 0.284. The van der Waals surface area contributed by atoms with Gasteiger partial charge in [0, 0.05) is 65.2 Å². The number of rotatable bonds is 6. The van der Waals surface area contributed by atoms with Gasteiger partial charge < -0.3 is 27.1 Å². The Balaban J connectivity index is 1.85. The number of nitrogens with zero attached hydrogens (tertiary/aromatic N) is 3. The molecule has 10 nitrogen and oxygen atoms in total. The van der Waals surface area contributed by atoms with Crippen molar-refractivity contribution in [2.75, 3.05) is 12.4 Å². The first kappa shape index (κ1) is 28.6. The van der Waals surface area contributed by atoms with E-state index in [0.29, 0.717) is 63.9 Å². The minimum Gasteiger partial charge on any atom is -0.403 e. The lowest BCUT2D eigenvalue weighted by molar-refractivity contribution is -0.123. The number of allylic oxidation sites excluding steroid dienone is 1. The molecule has 1 aliphatic rings. The van der Waals surface area contributed by atoms with E-state index >= 15 is 0 Å². The topological polar surface area (TPSA) is 151 Å². The SMILES string of the molecule is CN/C1=C(\C=N)NC(=O)C(C)CCCC(n2cnc(-c3cc(Cl)ccc3N/C=C\N)c(C)c2=O)c2cc1ccn2. The van der Waals surface area contributed by atoms with Gasteiger partial charge in [0.05, 0.1) is 35.2 Å². The zero-order chi connectivity index (χ0) is 28.8. The van der Waals surface area contributed by atoms with Gasteiger partial charge in [-0.25, -0.2) is 4.98 Å². The van der Waals surface area contributed by atoms with Gasteiger partial charge in [0.2, 0.25) is 5.91 Å². The molecular weight excluding hydrogens is 528 g/mol. The van der Waals surface area contributed by atoms with Crippen molar-refractivity contribution in [1.29, 1.82) is 5.41 Å². The van der Waals surface area contributed by atoms with E-state index < -0.39 is 6.04 Å². The van der Waals surface area contributed by atoms with Crippen molar-refractivity contribution >= 4 is 35.1 Å². The molecule has 2 atom stereocenters. The molecule has 0 fully saturated rings. The number of carbonyl (C=O) groups excluding carboxylic acids is 1. The van der Waals surface area contributed by atoms with Gasteiger partial charge in [0.25, 0.3) is 5.56 Å². The fraction of sp³-hybridized carbons (Fsp3) is 0.276. The van der Waals surface area contributed by atoms with E-state index in [1.807, 2.05) is 13.0 Å². The Labute approximate surface area is 237 Å². The van der Waals surface area contributed by atoms with Crippen LogP contribution in [0.4, 0.5) is 5.69 Å². The van der Waals surface area contributed by atoms with E-state index in [0.717, 1.165) is 11.8 Å². The molecule has 40 heavy (non-hydrogen) atoms. The Morgan fingerprint density at radius 3 is 2.73 bits per heavy atom. The molecule has 2 bridgehead atoms. The number of halogens is 1. The van der Waals surface area contributed by atoms with Crippen LogP contribution in [0.1, 0.15) is 49.0 Å². The summed E-state index contributed by atoms with van der Waals surface area (Å²) in [5.41, 5.74) is 10.0. The van der Waals surface area contributed by atoms with Gasteiger partial charge in [-0.2, -0.15) is 0 Å². The highest BCUT2D eigenvalue weighted by molar-refractivity contribution is 6.31. The zero-order valence-corrected chi connectivity index (χ0v) is 23.4. The van der Waals surface area contributed by atoms with Gasteiger partial charge in [-0.3, -0.25) is 19.1 Å². The number of hydrogen-bond acceptors (Lipinski definition) is 8. The Bertz CT molecular complexity index is 1550. The Morgan fingerprint density at radius 2 is 2.00 bits per heavy atom. The average Bonchev–Trinajstić information content (AvgIpc) is 2.95. The summed E-state index contributed by atoms with van der Waals surface area (Å²) in [7, 11) is 1.73. The van der Waals surface area contributed by atoms with E-state index in [1.165, 1.54) is 6.20 Å². The predicted molar refractivity (Wildman–Crippen MR) is 159 cm³/mol. The Kier molecular flexibility index (Phi) is 9.00. The number of amides is 1. The van der Waals surface area contributed by atoms with Crippen LogP contribution in [0.25, 0.3) is 17.0 Å². The highest BCUT2D eigenvalue weighted by atomic mass is 35.5. The molecular formula is C29H33ClN8O2. The fourth-order valence-corrected chi connectivity index (χ4v) is 5.03. The molecule has 1 amide bonds. The summed E-state index contributed by atoms with van der Waals surface area (Å²) in [6, 6.07) is 8.57. The number of nitrogens with two attached hydrogens (primary N) is 1. The molecule has 0 saturated carbocycles. The summed E-state index contributed by atoms with van der Waals surface area (Å²) in [6.07, 6.45) is 9.17. The van der Waals surface area contributed by atoms with Crippen LogP contribution in [0.15, 0.2) is 65.7 Å². The number of pyridine rings is 1. The third-order valence-electron chi connectivity index (χ3n) is 7.02. The van der Waals surface area contributed by atoms with Gasteiger partial charge in [-0.1, -0.05) is 24.9 Å². The van der Waals surface area contributed by atoms with E-state index in [9.17, 15) is 9.59 Å². The normalized spacial score (nSPS) is 19.9. The van der Waals surface area contributed by atoms with Crippen LogP contribution in [0.2, 0.25) is 5.02 Å². The third kappa shape index (κ3) is 5.91. The smallest absolute Gasteiger partial charge is 0.257 e. The minimum absolute atomic E-state index is 0.160. The first-order chi connectivity index (χ1) is 19.3. The summed E-state index contributed by atoms with van der Waals surface area (Å²) in [5.74, 6) is -0.443. The lowest BCUT2D eigenvalue weighted by atomic mass is 9.96. The number of nitrogens with one attached hydrogen (secondary N) is 4. The van der Waals surface area contributed by atoms with Crippen LogP contribution in [0, 0.1) is 18.3 Å². The van der Waals surface area contributed by atoms with Crippen molar-refractivity contribution in [3.05, 3.63) is 93.2 Å². The maximum atomic E-state index is 13.9. The molecule has 2 unspecified atom stereocenters. The zero-order valence-electron chi connectivity index (χ0n) is 22.7. The molecule has 1 aliphatic heterocycles. The van der Waals surface area contributed by atoms with Crippen LogP contribution in [0.5, 0.6) is 0 Å². The summed E-state index contributed by atoms with van der Waals surface area (Å²) in [6.45, 7) is 3.60. The second-order valence-electron chi connectivity index (χ2n) is 9.61. The summed E-state index contributed by atoms with van der Waals surface area (Å²) < 4.78 is 1.61. The number of benzene rings is 1. The molecule has 0 radical (unpaired) electrons. The van der Waals surface area contributed by atoms with E-state index in [-0.39, 0.29) is 17.4 Å². The van der Waals surface area contributed by atoms with Crippen LogP contribution in [-0.4, -0.2) is 33.7 Å². The van der Waals surface area contributed by atoms with Crippen molar-refractivity contribution in [3.8, 4) is 11.3 Å². The van der Waals surface area contributed by atoms with E-state index in [4.69, 9.17) is 27.7 Å².